The van der Waals surface area contributed by atoms with E-state index < -0.39 is 14.9 Å². The van der Waals surface area contributed by atoms with Crippen LogP contribution in [0.4, 0.5) is 5.69 Å². The normalized spacial score (nSPS) is 11.6. The number of methoxy groups -OCH3 is 1. The van der Waals surface area contributed by atoms with Gasteiger partial charge >= 0.3 is 0 Å². The van der Waals surface area contributed by atoms with Crippen molar-refractivity contribution in [3.05, 3.63) is 75.8 Å². The number of fused-ring (bicyclic) bond motifs is 1. The van der Waals surface area contributed by atoms with Crippen molar-refractivity contribution in [2.24, 2.45) is 5.10 Å². The highest BCUT2D eigenvalue weighted by atomic mass is 32.2. The molecule has 0 saturated carbocycles. The van der Waals surface area contributed by atoms with E-state index in [0.717, 1.165) is 16.8 Å². The van der Waals surface area contributed by atoms with Gasteiger partial charge in [-0.2, -0.15) is 13.5 Å². The van der Waals surface area contributed by atoms with Crippen LogP contribution in [0.1, 0.15) is 11.1 Å². The zero-order valence-electron chi connectivity index (χ0n) is 15.1. The van der Waals surface area contributed by atoms with E-state index in [9.17, 15) is 18.5 Å². The molecule has 3 aromatic carbocycles. The number of aryl methyl sites for hydroxylation is 1. The summed E-state index contributed by atoms with van der Waals surface area (Å²) in [7, 11) is -2.56. The number of nitro groups is 1. The molecule has 9 heteroatoms. The molecule has 0 unspecified atom stereocenters. The summed E-state index contributed by atoms with van der Waals surface area (Å²) in [4.78, 5) is 12.3. The monoisotopic (exact) mass is 399 g/mol. The van der Waals surface area contributed by atoms with Gasteiger partial charge in [-0.3, -0.25) is 10.1 Å². The van der Waals surface area contributed by atoms with Gasteiger partial charge in [0.05, 0.1) is 23.1 Å². The van der Waals surface area contributed by atoms with Crippen LogP contribution in [0, 0.1) is 17.0 Å². The van der Waals surface area contributed by atoms with Gasteiger partial charge < -0.3 is 4.74 Å². The van der Waals surface area contributed by atoms with Crippen molar-refractivity contribution in [3.8, 4) is 5.75 Å². The van der Waals surface area contributed by atoms with E-state index in [1.54, 1.807) is 6.07 Å². The van der Waals surface area contributed by atoms with Crippen molar-refractivity contribution >= 4 is 32.7 Å². The molecule has 0 heterocycles. The van der Waals surface area contributed by atoms with Gasteiger partial charge in [-0.15, -0.1) is 0 Å². The van der Waals surface area contributed by atoms with Crippen molar-refractivity contribution in [2.75, 3.05) is 7.11 Å². The van der Waals surface area contributed by atoms with E-state index in [4.69, 9.17) is 4.74 Å². The number of ether oxygens (including phenoxy) is 1. The number of hydrazone groups is 1. The summed E-state index contributed by atoms with van der Waals surface area (Å²) in [6.07, 6.45) is 1.35. The highest BCUT2D eigenvalue weighted by Crippen LogP contribution is 2.26. The summed E-state index contributed by atoms with van der Waals surface area (Å²) < 4.78 is 30.2. The molecule has 0 aromatic heterocycles. The fraction of sp³-hybridized carbons (Fsp3) is 0.105. The molecule has 0 fully saturated rings. The minimum absolute atomic E-state index is 0.244. The highest BCUT2D eigenvalue weighted by molar-refractivity contribution is 7.89. The Bertz CT molecular complexity index is 1190. The van der Waals surface area contributed by atoms with Crippen molar-refractivity contribution in [2.45, 2.75) is 11.8 Å². The van der Waals surface area contributed by atoms with Crippen molar-refractivity contribution in [1.29, 1.82) is 0 Å². The Labute approximate surface area is 161 Å². The second-order valence-electron chi connectivity index (χ2n) is 5.96. The molecule has 1 N–H and O–H groups in total. The van der Waals surface area contributed by atoms with Crippen LogP contribution < -0.4 is 9.57 Å². The molecule has 0 atom stereocenters. The first-order valence-corrected chi connectivity index (χ1v) is 9.67. The number of nitrogens with zero attached hydrogens (tertiary/aromatic N) is 2. The zero-order chi connectivity index (χ0) is 20.3. The number of hydrogen-bond donors (Lipinski definition) is 1. The van der Waals surface area contributed by atoms with Crippen LogP contribution in [0.3, 0.4) is 0 Å². The first-order valence-electron chi connectivity index (χ1n) is 8.19. The van der Waals surface area contributed by atoms with Crippen molar-refractivity contribution < 1.29 is 18.1 Å². The van der Waals surface area contributed by atoms with Crippen LogP contribution in [-0.2, 0) is 10.0 Å². The lowest BCUT2D eigenvalue weighted by Gasteiger charge is -2.09. The number of nitro benzene ring substituents is 1. The van der Waals surface area contributed by atoms with Gasteiger partial charge in [-0.05, 0) is 29.8 Å². The Hall–Kier alpha value is -3.46. The summed E-state index contributed by atoms with van der Waals surface area (Å²) in [5.74, 6) is 0.535. The van der Waals surface area contributed by atoms with Gasteiger partial charge in [0.25, 0.3) is 15.7 Å². The third-order valence-electron chi connectivity index (χ3n) is 4.20. The molecule has 0 amide bonds. The fourth-order valence-corrected chi connectivity index (χ4v) is 3.56. The molecule has 8 nitrogen and oxygen atoms in total. The third kappa shape index (κ3) is 3.79. The maximum Gasteiger partial charge on any atom is 0.276 e. The standard InChI is InChI=1S/C19H17N3O5S/c1-13-7-9-15(11-18(13)22(23)24)28(25,26)21-20-12-17-16-6-4-3-5-14(16)8-10-19(17)27-2/h3-12,21H,1-2H3. The molecular weight excluding hydrogens is 382 g/mol. The summed E-state index contributed by atoms with van der Waals surface area (Å²) >= 11 is 0. The lowest BCUT2D eigenvalue weighted by atomic mass is 10.0. The molecular formula is C19H17N3O5S. The molecule has 0 aliphatic heterocycles. The number of sulfonamides is 1. The van der Waals surface area contributed by atoms with Gasteiger partial charge in [0, 0.05) is 17.2 Å². The Kier molecular flexibility index (Phi) is 5.27. The Morgan fingerprint density at radius 2 is 1.89 bits per heavy atom. The zero-order valence-corrected chi connectivity index (χ0v) is 15.9. The fourth-order valence-electron chi connectivity index (χ4n) is 2.75. The second kappa shape index (κ2) is 7.65. The summed E-state index contributed by atoms with van der Waals surface area (Å²) in [6, 6.07) is 14.9. The average Bonchev–Trinajstić information content (AvgIpc) is 2.67. The van der Waals surface area contributed by atoms with E-state index >= 15 is 0 Å². The van der Waals surface area contributed by atoms with E-state index in [2.05, 4.69) is 9.93 Å². The molecule has 0 aliphatic rings. The van der Waals surface area contributed by atoms with Crippen molar-refractivity contribution in [1.82, 2.24) is 4.83 Å². The quantitative estimate of drug-likeness (QED) is 0.388. The first kappa shape index (κ1) is 19.3. The highest BCUT2D eigenvalue weighted by Gasteiger charge is 2.19. The number of nitrogens with one attached hydrogen (secondary N) is 1. The molecule has 28 heavy (non-hydrogen) atoms. The molecule has 0 spiro atoms. The molecule has 0 saturated heterocycles. The molecule has 0 radical (unpaired) electrons. The van der Waals surface area contributed by atoms with E-state index in [1.165, 1.54) is 32.4 Å². The minimum atomic E-state index is -4.07. The summed E-state index contributed by atoms with van der Waals surface area (Å²) in [6.45, 7) is 1.53. The smallest absolute Gasteiger partial charge is 0.276 e. The Balaban J connectivity index is 1.94. The van der Waals surface area contributed by atoms with E-state index in [1.807, 2.05) is 30.3 Å². The topological polar surface area (TPSA) is 111 Å². The molecule has 0 aliphatic carbocycles. The minimum Gasteiger partial charge on any atom is -0.496 e. The van der Waals surface area contributed by atoms with Gasteiger partial charge in [0.2, 0.25) is 0 Å². The average molecular weight is 399 g/mol. The summed E-state index contributed by atoms with van der Waals surface area (Å²) in [5, 5.41) is 16.7. The Morgan fingerprint density at radius 1 is 1.14 bits per heavy atom. The molecule has 144 valence electrons. The van der Waals surface area contributed by atoms with Crippen LogP contribution in [-0.4, -0.2) is 26.7 Å². The maximum atomic E-state index is 12.4. The maximum absolute atomic E-state index is 12.4. The number of hydrogen-bond acceptors (Lipinski definition) is 6. The van der Waals surface area contributed by atoms with Crippen molar-refractivity contribution in [3.63, 3.8) is 0 Å². The number of benzene rings is 3. The lowest BCUT2D eigenvalue weighted by Crippen LogP contribution is -2.18. The lowest BCUT2D eigenvalue weighted by molar-refractivity contribution is -0.385. The van der Waals surface area contributed by atoms with E-state index in [0.29, 0.717) is 16.9 Å². The summed E-state index contributed by atoms with van der Waals surface area (Å²) in [5.41, 5.74) is 0.703. The molecule has 3 rings (SSSR count). The van der Waals surface area contributed by atoms with Gasteiger partial charge in [0.1, 0.15) is 5.75 Å². The van der Waals surface area contributed by atoms with Crippen LogP contribution in [0.25, 0.3) is 10.8 Å². The largest absolute Gasteiger partial charge is 0.496 e. The first-order chi connectivity index (χ1) is 13.3. The van der Waals surface area contributed by atoms with Gasteiger partial charge in [0.15, 0.2) is 0 Å². The van der Waals surface area contributed by atoms with Crippen LogP contribution in [0.2, 0.25) is 0 Å². The SMILES string of the molecule is COc1ccc2ccccc2c1C=NNS(=O)(=O)c1ccc(C)c([N+](=O)[O-])c1. The predicted molar refractivity (Wildman–Crippen MR) is 106 cm³/mol. The van der Waals surface area contributed by atoms with Gasteiger partial charge in [-0.1, -0.05) is 36.4 Å². The third-order valence-corrected chi connectivity index (χ3v) is 5.43. The predicted octanol–water partition coefficient (Wildman–Crippen LogP) is 3.38. The van der Waals surface area contributed by atoms with Crippen LogP contribution >= 0.6 is 0 Å². The second-order valence-corrected chi connectivity index (χ2v) is 7.62. The van der Waals surface area contributed by atoms with E-state index in [-0.39, 0.29) is 10.6 Å². The van der Waals surface area contributed by atoms with Crippen LogP contribution in [0.15, 0.2) is 64.6 Å². The molecule has 3 aromatic rings. The van der Waals surface area contributed by atoms with Crippen LogP contribution in [0.5, 0.6) is 5.75 Å². The molecule has 0 bridgehead atoms. The van der Waals surface area contributed by atoms with Gasteiger partial charge in [-0.25, -0.2) is 4.83 Å². The number of rotatable bonds is 6. The Morgan fingerprint density at radius 3 is 2.61 bits per heavy atom.